The topological polar surface area (TPSA) is 152 Å². The molecule has 0 aliphatic carbocycles. The van der Waals surface area contributed by atoms with Crippen molar-refractivity contribution < 1.29 is 21.6 Å². The standard InChI is InChI=1S/C19H21N5O5S3/c20-31(26,27)14-8-6-13(7-9-14)10-11-21-19(25)16-4-2-12-24(16)32(28,29)17-5-1-3-15-18(17)23-30-22-15/h1,3,5-9,16H,2,4,10-12H2,(H,21,25)(H2,20,26,27). The summed E-state index contributed by atoms with van der Waals surface area (Å²) in [6.45, 7) is 0.535. The Kier molecular flexibility index (Phi) is 6.27. The predicted molar refractivity (Wildman–Crippen MR) is 119 cm³/mol. The van der Waals surface area contributed by atoms with Crippen molar-refractivity contribution in [2.75, 3.05) is 13.1 Å². The molecule has 1 fully saturated rings. The Morgan fingerprint density at radius 3 is 2.59 bits per heavy atom. The van der Waals surface area contributed by atoms with Gasteiger partial charge < -0.3 is 5.32 Å². The van der Waals surface area contributed by atoms with E-state index in [2.05, 4.69) is 14.1 Å². The Morgan fingerprint density at radius 1 is 1.12 bits per heavy atom. The number of sulfonamides is 2. The molecule has 1 aliphatic rings. The third-order valence-corrected chi connectivity index (χ3v) is 8.72. The highest BCUT2D eigenvalue weighted by Gasteiger charge is 2.40. The first kappa shape index (κ1) is 22.7. The SMILES string of the molecule is NS(=O)(=O)c1ccc(CCNC(=O)C2CCCN2S(=O)(=O)c2cccc3nsnc23)cc1. The number of aromatic nitrogens is 2. The first-order valence-corrected chi connectivity index (χ1v) is 13.5. The van der Waals surface area contributed by atoms with Gasteiger partial charge in [0.05, 0.1) is 16.6 Å². The third-order valence-electron chi connectivity index (χ3n) is 5.31. The highest BCUT2D eigenvalue weighted by atomic mass is 32.2. The molecular formula is C19H21N5O5S3. The van der Waals surface area contributed by atoms with E-state index in [9.17, 15) is 21.6 Å². The minimum absolute atomic E-state index is 0.0161. The number of amides is 1. The molecule has 2 heterocycles. The first-order chi connectivity index (χ1) is 15.2. The number of fused-ring (bicyclic) bond motifs is 1. The molecule has 1 atom stereocenters. The second-order valence-electron chi connectivity index (χ2n) is 7.39. The Balaban J connectivity index is 1.43. The molecule has 3 aromatic rings. The minimum Gasteiger partial charge on any atom is -0.354 e. The van der Waals surface area contributed by atoms with Gasteiger partial charge in [-0.15, -0.1) is 0 Å². The van der Waals surface area contributed by atoms with Crippen LogP contribution in [0.4, 0.5) is 0 Å². The number of nitrogens with two attached hydrogens (primary N) is 1. The van der Waals surface area contributed by atoms with Crippen LogP contribution in [0.1, 0.15) is 18.4 Å². The largest absolute Gasteiger partial charge is 0.354 e. The van der Waals surface area contributed by atoms with Crippen molar-refractivity contribution in [3.8, 4) is 0 Å². The van der Waals surface area contributed by atoms with Crippen LogP contribution in [0.15, 0.2) is 52.3 Å². The second kappa shape index (κ2) is 8.83. The molecule has 0 radical (unpaired) electrons. The quantitative estimate of drug-likeness (QED) is 0.493. The molecule has 4 rings (SSSR count). The van der Waals surface area contributed by atoms with Gasteiger partial charge in [-0.2, -0.15) is 13.1 Å². The van der Waals surface area contributed by atoms with Crippen LogP contribution in [0, 0.1) is 0 Å². The van der Waals surface area contributed by atoms with Gasteiger partial charge in [-0.05, 0) is 49.1 Å². The van der Waals surface area contributed by atoms with Gasteiger partial charge in [-0.3, -0.25) is 4.79 Å². The summed E-state index contributed by atoms with van der Waals surface area (Å²) in [7, 11) is -7.68. The van der Waals surface area contributed by atoms with E-state index in [1.807, 2.05) is 0 Å². The predicted octanol–water partition coefficient (Wildman–Crippen LogP) is 0.851. The van der Waals surface area contributed by atoms with Crippen molar-refractivity contribution in [1.82, 2.24) is 18.4 Å². The fraction of sp³-hybridized carbons (Fsp3) is 0.316. The lowest BCUT2D eigenvalue weighted by atomic mass is 10.1. The average Bonchev–Trinajstić information content (AvgIpc) is 3.43. The third kappa shape index (κ3) is 4.52. The molecule has 1 aromatic heterocycles. The summed E-state index contributed by atoms with van der Waals surface area (Å²) in [6, 6.07) is 10.1. The lowest BCUT2D eigenvalue weighted by Gasteiger charge is -2.23. The maximum absolute atomic E-state index is 13.3. The van der Waals surface area contributed by atoms with Crippen LogP contribution in [-0.4, -0.2) is 54.9 Å². The fourth-order valence-corrected chi connectivity index (χ4v) is 6.63. The highest BCUT2D eigenvalue weighted by Crippen LogP contribution is 2.30. The van der Waals surface area contributed by atoms with E-state index in [-0.39, 0.29) is 28.8 Å². The summed E-state index contributed by atoms with van der Waals surface area (Å²) in [5.74, 6) is -0.365. The zero-order valence-electron chi connectivity index (χ0n) is 16.8. The van der Waals surface area contributed by atoms with E-state index in [0.29, 0.717) is 30.3 Å². The molecule has 13 heteroatoms. The summed E-state index contributed by atoms with van der Waals surface area (Å²) in [6.07, 6.45) is 1.47. The maximum atomic E-state index is 13.3. The van der Waals surface area contributed by atoms with E-state index in [1.165, 1.54) is 22.5 Å². The van der Waals surface area contributed by atoms with Crippen LogP contribution in [0.3, 0.4) is 0 Å². The Morgan fingerprint density at radius 2 is 1.88 bits per heavy atom. The van der Waals surface area contributed by atoms with Crippen LogP contribution < -0.4 is 10.5 Å². The summed E-state index contributed by atoms with van der Waals surface area (Å²) in [5, 5.41) is 7.88. The van der Waals surface area contributed by atoms with Gasteiger partial charge in [0.1, 0.15) is 22.0 Å². The number of carbonyl (C=O) groups excluding carboxylic acids is 1. The van der Waals surface area contributed by atoms with Crippen molar-refractivity contribution in [1.29, 1.82) is 0 Å². The molecule has 32 heavy (non-hydrogen) atoms. The highest BCUT2D eigenvalue weighted by molar-refractivity contribution is 7.89. The molecule has 170 valence electrons. The number of primary sulfonamides is 1. The number of hydrogen-bond acceptors (Lipinski definition) is 8. The number of nitrogens with one attached hydrogen (secondary N) is 1. The van der Waals surface area contributed by atoms with Crippen molar-refractivity contribution in [2.24, 2.45) is 5.14 Å². The van der Waals surface area contributed by atoms with Gasteiger partial charge in [0.2, 0.25) is 26.0 Å². The molecular weight excluding hydrogens is 474 g/mol. The monoisotopic (exact) mass is 495 g/mol. The van der Waals surface area contributed by atoms with Gasteiger partial charge in [-0.1, -0.05) is 18.2 Å². The molecule has 2 aromatic carbocycles. The van der Waals surface area contributed by atoms with E-state index in [1.54, 1.807) is 24.3 Å². The van der Waals surface area contributed by atoms with E-state index in [0.717, 1.165) is 17.3 Å². The van der Waals surface area contributed by atoms with Crippen LogP contribution in [-0.2, 0) is 31.3 Å². The molecule has 10 nitrogen and oxygen atoms in total. The van der Waals surface area contributed by atoms with Gasteiger partial charge in [0.15, 0.2) is 0 Å². The summed E-state index contributed by atoms with van der Waals surface area (Å²) < 4.78 is 58.7. The van der Waals surface area contributed by atoms with Gasteiger partial charge in [0.25, 0.3) is 0 Å². The van der Waals surface area contributed by atoms with Crippen LogP contribution in [0.2, 0.25) is 0 Å². The van der Waals surface area contributed by atoms with Crippen molar-refractivity contribution in [3.63, 3.8) is 0 Å². The summed E-state index contributed by atoms with van der Waals surface area (Å²) in [5.41, 5.74) is 1.63. The molecule has 1 saturated heterocycles. The Labute approximate surface area is 189 Å². The maximum Gasteiger partial charge on any atom is 0.246 e. The molecule has 3 N–H and O–H groups in total. The smallest absolute Gasteiger partial charge is 0.246 e. The number of carbonyl (C=O) groups is 1. The molecule has 0 saturated carbocycles. The molecule has 1 aliphatic heterocycles. The lowest BCUT2D eigenvalue weighted by molar-refractivity contribution is -0.124. The molecule has 1 unspecified atom stereocenters. The molecule has 0 bridgehead atoms. The second-order valence-corrected chi connectivity index (χ2v) is 11.3. The van der Waals surface area contributed by atoms with E-state index < -0.39 is 26.1 Å². The summed E-state index contributed by atoms with van der Waals surface area (Å²) in [4.78, 5) is 12.9. The molecule has 1 amide bonds. The number of rotatable bonds is 7. The van der Waals surface area contributed by atoms with Crippen molar-refractivity contribution in [3.05, 3.63) is 48.0 Å². The lowest BCUT2D eigenvalue weighted by Crippen LogP contribution is -2.46. The van der Waals surface area contributed by atoms with Gasteiger partial charge in [0, 0.05) is 13.1 Å². The zero-order valence-corrected chi connectivity index (χ0v) is 19.3. The van der Waals surface area contributed by atoms with Crippen molar-refractivity contribution in [2.45, 2.75) is 35.1 Å². The van der Waals surface area contributed by atoms with Crippen LogP contribution in [0.25, 0.3) is 11.0 Å². The Bertz CT molecular complexity index is 1350. The normalized spacial score (nSPS) is 17.6. The number of hydrogen-bond donors (Lipinski definition) is 2. The van der Waals surface area contributed by atoms with E-state index >= 15 is 0 Å². The molecule has 0 spiro atoms. The average molecular weight is 496 g/mol. The summed E-state index contributed by atoms with van der Waals surface area (Å²) >= 11 is 0.941. The van der Waals surface area contributed by atoms with Crippen LogP contribution in [0.5, 0.6) is 0 Å². The van der Waals surface area contributed by atoms with Gasteiger partial charge >= 0.3 is 0 Å². The van der Waals surface area contributed by atoms with Crippen LogP contribution >= 0.6 is 11.7 Å². The van der Waals surface area contributed by atoms with Crippen molar-refractivity contribution >= 4 is 48.7 Å². The number of benzene rings is 2. The fourth-order valence-electron chi connectivity index (χ4n) is 3.70. The zero-order chi connectivity index (χ0) is 22.9. The number of nitrogens with zero attached hydrogens (tertiary/aromatic N) is 3. The van der Waals surface area contributed by atoms with E-state index in [4.69, 9.17) is 5.14 Å². The Hall–Kier alpha value is -2.45. The minimum atomic E-state index is -3.92. The first-order valence-electron chi connectivity index (χ1n) is 9.80. The van der Waals surface area contributed by atoms with Gasteiger partial charge in [-0.25, -0.2) is 22.0 Å².